The molecule has 134 valence electrons. The number of aryl methyl sites for hydroxylation is 1. The molecule has 0 spiro atoms. The molecule has 2 aromatic rings. The maximum absolute atomic E-state index is 12.2. The molecule has 1 fully saturated rings. The first kappa shape index (κ1) is 17.6. The van der Waals surface area contributed by atoms with Crippen molar-refractivity contribution in [3.63, 3.8) is 0 Å². The van der Waals surface area contributed by atoms with Crippen molar-refractivity contribution in [3.05, 3.63) is 48.0 Å². The predicted octanol–water partition coefficient (Wildman–Crippen LogP) is 1.43. The lowest BCUT2D eigenvalue weighted by Gasteiger charge is -2.20. The van der Waals surface area contributed by atoms with Gasteiger partial charge in [-0.2, -0.15) is 0 Å². The Morgan fingerprint density at radius 3 is 2.68 bits per heavy atom. The number of nitrogens with one attached hydrogen (secondary N) is 1. The Balaban J connectivity index is 1.47. The number of carbonyl (C=O) groups is 1. The molecule has 1 aliphatic rings. The van der Waals surface area contributed by atoms with Crippen LogP contribution >= 0.6 is 0 Å². The minimum absolute atomic E-state index is 0.0916. The van der Waals surface area contributed by atoms with E-state index in [0.717, 1.165) is 36.6 Å². The van der Waals surface area contributed by atoms with Crippen LogP contribution in [0.2, 0.25) is 0 Å². The van der Waals surface area contributed by atoms with Gasteiger partial charge < -0.3 is 14.8 Å². The van der Waals surface area contributed by atoms with Crippen molar-refractivity contribution < 1.29 is 4.79 Å². The lowest BCUT2D eigenvalue weighted by atomic mass is 10.2. The molecule has 1 amide bonds. The SMILES string of the molecule is Cc1nccn1-c1ccc(CNC(=O)CN2CC[C@@H](N(C)C)C2)cc1. The molecule has 2 heterocycles. The van der Waals surface area contributed by atoms with Crippen LogP contribution in [-0.2, 0) is 11.3 Å². The number of likely N-dealkylation sites (N-methyl/N-ethyl adjacent to an activating group) is 1. The van der Waals surface area contributed by atoms with Gasteiger partial charge in [-0.25, -0.2) is 4.98 Å². The average Bonchev–Trinajstić information content (AvgIpc) is 3.22. The van der Waals surface area contributed by atoms with Crippen molar-refractivity contribution >= 4 is 5.91 Å². The van der Waals surface area contributed by atoms with Gasteiger partial charge in [-0.3, -0.25) is 9.69 Å². The zero-order valence-electron chi connectivity index (χ0n) is 15.3. The highest BCUT2D eigenvalue weighted by Gasteiger charge is 2.25. The third kappa shape index (κ3) is 4.46. The van der Waals surface area contributed by atoms with Crippen LogP contribution in [0.3, 0.4) is 0 Å². The molecule has 6 nitrogen and oxygen atoms in total. The van der Waals surface area contributed by atoms with Crippen molar-refractivity contribution in [2.45, 2.75) is 25.9 Å². The summed E-state index contributed by atoms with van der Waals surface area (Å²) in [5, 5.41) is 3.02. The highest BCUT2D eigenvalue weighted by molar-refractivity contribution is 5.78. The van der Waals surface area contributed by atoms with E-state index < -0.39 is 0 Å². The largest absolute Gasteiger partial charge is 0.351 e. The first-order chi connectivity index (χ1) is 12.0. The number of nitrogens with zero attached hydrogens (tertiary/aromatic N) is 4. The molecule has 0 saturated carbocycles. The number of hydrogen-bond donors (Lipinski definition) is 1. The summed E-state index contributed by atoms with van der Waals surface area (Å²) in [6.45, 7) is 4.99. The van der Waals surface area contributed by atoms with E-state index >= 15 is 0 Å². The standard InChI is InChI=1S/C19H27N5O/c1-15-20-9-11-24(15)17-6-4-16(5-7-17)12-21-19(25)14-23-10-8-18(13-23)22(2)3/h4-7,9,11,18H,8,10,12-14H2,1-3H3,(H,21,25)/t18-/m1/s1. The summed E-state index contributed by atoms with van der Waals surface area (Å²) in [4.78, 5) is 20.9. The van der Waals surface area contributed by atoms with Gasteiger partial charge in [0, 0.05) is 43.8 Å². The number of aromatic nitrogens is 2. The Morgan fingerprint density at radius 2 is 2.08 bits per heavy atom. The number of rotatable bonds is 6. The smallest absolute Gasteiger partial charge is 0.234 e. The Kier molecular flexibility index (Phi) is 5.50. The highest BCUT2D eigenvalue weighted by Crippen LogP contribution is 2.13. The van der Waals surface area contributed by atoms with Crippen molar-refractivity contribution in [1.29, 1.82) is 0 Å². The number of benzene rings is 1. The molecule has 25 heavy (non-hydrogen) atoms. The topological polar surface area (TPSA) is 53.4 Å². The first-order valence-corrected chi connectivity index (χ1v) is 8.77. The molecule has 0 unspecified atom stereocenters. The predicted molar refractivity (Wildman–Crippen MR) is 98.7 cm³/mol. The first-order valence-electron chi connectivity index (χ1n) is 8.77. The second-order valence-corrected chi connectivity index (χ2v) is 6.93. The average molecular weight is 341 g/mol. The van der Waals surface area contributed by atoms with Gasteiger partial charge in [0.2, 0.25) is 5.91 Å². The molecule has 1 aromatic heterocycles. The van der Waals surface area contributed by atoms with Crippen LogP contribution in [0, 0.1) is 6.92 Å². The van der Waals surface area contributed by atoms with Crippen molar-refractivity contribution in [3.8, 4) is 5.69 Å². The van der Waals surface area contributed by atoms with E-state index in [1.54, 1.807) is 6.20 Å². The molecule has 0 bridgehead atoms. The van der Waals surface area contributed by atoms with E-state index in [9.17, 15) is 4.79 Å². The molecule has 3 rings (SSSR count). The quantitative estimate of drug-likeness (QED) is 0.864. The zero-order valence-corrected chi connectivity index (χ0v) is 15.3. The Morgan fingerprint density at radius 1 is 1.32 bits per heavy atom. The van der Waals surface area contributed by atoms with Gasteiger partial charge in [0.05, 0.1) is 6.54 Å². The fraction of sp³-hybridized carbons (Fsp3) is 0.474. The van der Waals surface area contributed by atoms with Gasteiger partial charge in [0.1, 0.15) is 5.82 Å². The lowest BCUT2D eigenvalue weighted by Crippen LogP contribution is -2.38. The van der Waals surface area contributed by atoms with E-state index in [-0.39, 0.29) is 5.91 Å². The number of likely N-dealkylation sites (tertiary alicyclic amines) is 1. The van der Waals surface area contributed by atoms with Crippen molar-refractivity contribution in [2.24, 2.45) is 0 Å². The molecule has 6 heteroatoms. The maximum atomic E-state index is 12.2. The van der Waals surface area contributed by atoms with E-state index in [1.165, 1.54) is 0 Å². The number of hydrogen-bond acceptors (Lipinski definition) is 4. The van der Waals surface area contributed by atoms with E-state index in [0.29, 0.717) is 19.1 Å². The van der Waals surface area contributed by atoms with Gasteiger partial charge in [-0.15, -0.1) is 0 Å². The third-order valence-electron chi connectivity index (χ3n) is 4.87. The number of imidazole rings is 1. The van der Waals surface area contributed by atoms with Crippen LogP contribution in [0.4, 0.5) is 0 Å². The molecule has 1 aromatic carbocycles. The van der Waals surface area contributed by atoms with Crippen LogP contribution in [0.1, 0.15) is 17.8 Å². The monoisotopic (exact) mass is 341 g/mol. The summed E-state index contributed by atoms with van der Waals surface area (Å²) >= 11 is 0. The summed E-state index contributed by atoms with van der Waals surface area (Å²) in [6.07, 6.45) is 4.88. The summed E-state index contributed by atoms with van der Waals surface area (Å²) in [5.41, 5.74) is 2.18. The third-order valence-corrected chi connectivity index (χ3v) is 4.87. The summed E-state index contributed by atoms with van der Waals surface area (Å²) < 4.78 is 2.04. The minimum atomic E-state index is 0.0916. The molecular weight excluding hydrogens is 314 g/mol. The van der Waals surface area contributed by atoms with Crippen LogP contribution in [0.25, 0.3) is 5.69 Å². The Labute approximate surface area is 149 Å². The van der Waals surface area contributed by atoms with Gasteiger partial charge in [-0.1, -0.05) is 12.1 Å². The summed E-state index contributed by atoms with van der Waals surface area (Å²) in [7, 11) is 4.20. The molecule has 1 N–H and O–H groups in total. The molecule has 1 aliphatic heterocycles. The maximum Gasteiger partial charge on any atom is 0.234 e. The van der Waals surface area contributed by atoms with Gasteiger partial charge in [0.25, 0.3) is 0 Å². The van der Waals surface area contributed by atoms with Gasteiger partial charge >= 0.3 is 0 Å². The number of amides is 1. The molecule has 1 atom stereocenters. The number of carbonyl (C=O) groups excluding carboxylic acids is 1. The molecular formula is C19H27N5O. The summed E-state index contributed by atoms with van der Waals surface area (Å²) in [6, 6.07) is 8.77. The molecule has 0 radical (unpaired) electrons. The van der Waals surface area contributed by atoms with Gasteiger partial charge in [-0.05, 0) is 45.1 Å². The van der Waals surface area contributed by atoms with E-state index in [2.05, 4.69) is 46.3 Å². The van der Waals surface area contributed by atoms with E-state index in [1.807, 2.05) is 29.8 Å². The van der Waals surface area contributed by atoms with Gasteiger partial charge in [0.15, 0.2) is 0 Å². The van der Waals surface area contributed by atoms with Crippen LogP contribution in [0.5, 0.6) is 0 Å². The summed E-state index contributed by atoms with van der Waals surface area (Å²) in [5.74, 6) is 1.05. The normalized spacial score (nSPS) is 18.0. The second-order valence-electron chi connectivity index (χ2n) is 6.93. The fourth-order valence-electron chi connectivity index (χ4n) is 3.26. The van der Waals surface area contributed by atoms with Crippen LogP contribution in [-0.4, -0.2) is 65.0 Å². The van der Waals surface area contributed by atoms with Crippen molar-refractivity contribution in [2.75, 3.05) is 33.7 Å². The highest BCUT2D eigenvalue weighted by atomic mass is 16.2. The van der Waals surface area contributed by atoms with E-state index in [4.69, 9.17) is 0 Å². The van der Waals surface area contributed by atoms with Crippen LogP contribution < -0.4 is 5.32 Å². The molecule has 1 saturated heterocycles. The molecule has 0 aliphatic carbocycles. The van der Waals surface area contributed by atoms with Crippen LogP contribution in [0.15, 0.2) is 36.7 Å². The Bertz CT molecular complexity index is 707. The lowest BCUT2D eigenvalue weighted by molar-refractivity contribution is -0.122. The Hall–Kier alpha value is -2.18. The minimum Gasteiger partial charge on any atom is -0.351 e. The fourth-order valence-corrected chi connectivity index (χ4v) is 3.26. The van der Waals surface area contributed by atoms with Crippen molar-refractivity contribution in [1.82, 2.24) is 24.7 Å². The second kappa shape index (κ2) is 7.80. The zero-order chi connectivity index (χ0) is 17.8.